The van der Waals surface area contributed by atoms with Gasteiger partial charge in [-0.15, -0.1) is 0 Å². The predicted molar refractivity (Wildman–Crippen MR) is 79.7 cm³/mol. The Hall–Kier alpha value is -2.14. The Morgan fingerprint density at radius 1 is 1.05 bits per heavy atom. The van der Waals surface area contributed by atoms with Crippen molar-refractivity contribution < 1.29 is 9.84 Å². The number of rotatable bonds is 3. The van der Waals surface area contributed by atoms with Gasteiger partial charge in [0.05, 0.1) is 12.4 Å². The molecule has 1 aromatic carbocycles. The summed E-state index contributed by atoms with van der Waals surface area (Å²) in [6.07, 6.45) is 6.98. The molecule has 1 saturated heterocycles. The number of ether oxygens (including phenoxy) is 1. The van der Waals surface area contributed by atoms with Crippen molar-refractivity contribution in [3.63, 3.8) is 0 Å². The van der Waals surface area contributed by atoms with Crippen LogP contribution in [0.3, 0.4) is 0 Å². The Kier molecular flexibility index (Phi) is 4.31. The number of nitrogens with one attached hydrogen (secondary N) is 1. The van der Waals surface area contributed by atoms with E-state index in [9.17, 15) is 5.11 Å². The van der Waals surface area contributed by atoms with Crippen molar-refractivity contribution in [2.75, 3.05) is 13.1 Å². The SMILES string of the molecule is Oc1ccc(Oc2cnc(C3CCCCNC3)nc2)cc1. The Bertz CT molecular complexity index is 561. The van der Waals surface area contributed by atoms with Gasteiger partial charge in [-0.3, -0.25) is 0 Å². The van der Waals surface area contributed by atoms with Gasteiger partial charge in [0.2, 0.25) is 0 Å². The highest BCUT2D eigenvalue weighted by molar-refractivity contribution is 5.33. The van der Waals surface area contributed by atoms with Gasteiger partial charge in [0, 0.05) is 12.5 Å². The van der Waals surface area contributed by atoms with Crippen molar-refractivity contribution in [3.8, 4) is 17.2 Å². The van der Waals surface area contributed by atoms with Gasteiger partial charge in [-0.2, -0.15) is 0 Å². The second-order valence-electron chi connectivity index (χ2n) is 5.27. The molecule has 1 aliphatic heterocycles. The van der Waals surface area contributed by atoms with Crippen LogP contribution in [-0.2, 0) is 0 Å². The molecule has 1 aliphatic rings. The lowest BCUT2D eigenvalue weighted by Gasteiger charge is -2.13. The number of aromatic hydroxyl groups is 1. The average molecular weight is 285 g/mol. The summed E-state index contributed by atoms with van der Waals surface area (Å²) in [5.41, 5.74) is 0. The van der Waals surface area contributed by atoms with Crippen LogP contribution in [0.5, 0.6) is 17.2 Å². The highest BCUT2D eigenvalue weighted by atomic mass is 16.5. The number of phenols is 1. The van der Waals surface area contributed by atoms with E-state index in [1.54, 1.807) is 36.7 Å². The minimum absolute atomic E-state index is 0.217. The van der Waals surface area contributed by atoms with Crippen LogP contribution < -0.4 is 10.1 Å². The van der Waals surface area contributed by atoms with E-state index in [4.69, 9.17) is 4.74 Å². The molecular weight excluding hydrogens is 266 g/mol. The third kappa shape index (κ3) is 3.70. The van der Waals surface area contributed by atoms with Crippen molar-refractivity contribution in [3.05, 3.63) is 42.5 Å². The maximum atomic E-state index is 9.24. The summed E-state index contributed by atoms with van der Waals surface area (Å²) in [5.74, 6) is 2.73. The van der Waals surface area contributed by atoms with Gasteiger partial charge in [0.15, 0.2) is 5.75 Å². The lowest BCUT2D eigenvalue weighted by atomic mass is 10.0. The fourth-order valence-electron chi connectivity index (χ4n) is 2.48. The zero-order chi connectivity index (χ0) is 14.5. The molecular formula is C16H19N3O2. The fraction of sp³-hybridized carbons (Fsp3) is 0.375. The van der Waals surface area contributed by atoms with Crippen LogP contribution >= 0.6 is 0 Å². The van der Waals surface area contributed by atoms with E-state index in [1.165, 1.54) is 12.8 Å². The average Bonchev–Trinajstić information content (AvgIpc) is 2.80. The summed E-state index contributed by atoms with van der Waals surface area (Å²) in [4.78, 5) is 8.86. The topological polar surface area (TPSA) is 67.3 Å². The van der Waals surface area contributed by atoms with Crippen molar-refractivity contribution in [2.45, 2.75) is 25.2 Å². The lowest BCUT2D eigenvalue weighted by Crippen LogP contribution is -2.20. The van der Waals surface area contributed by atoms with Gasteiger partial charge in [0.1, 0.15) is 17.3 Å². The molecule has 0 bridgehead atoms. The van der Waals surface area contributed by atoms with E-state index < -0.39 is 0 Å². The molecule has 5 nitrogen and oxygen atoms in total. The fourth-order valence-corrected chi connectivity index (χ4v) is 2.48. The second kappa shape index (κ2) is 6.54. The van der Waals surface area contributed by atoms with Crippen molar-refractivity contribution in [2.24, 2.45) is 0 Å². The molecule has 5 heteroatoms. The maximum absolute atomic E-state index is 9.24. The summed E-state index contributed by atoms with van der Waals surface area (Å²) in [7, 11) is 0. The zero-order valence-corrected chi connectivity index (χ0v) is 11.8. The largest absolute Gasteiger partial charge is 0.508 e. The van der Waals surface area contributed by atoms with Gasteiger partial charge in [-0.05, 0) is 43.7 Å². The van der Waals surface area contributed by atoms with Crippen LogP contribution in [0.1, 0.15) is 31.0 Å². The van der Waals surface area contributed by atoms with E-state index in [0.717, 1.165) is 25.3 Å². The molecule has 3 rings (SSSR count). The molecule has 2 aromatic rings. The Morgan fingerprint density at radius 2 is 1.81 bits per heavy atom. The van der Waals surface area contributed by atoms with E-state index in [2.05, 4.69) is 15.3 Å². The minimum Gasteiger partial charge on any atom is -0.508 e. The first-order valence-electron chi connectivity index (χ1n) is 7.31. The highest BCUT2D eigenvalue weighted by Crippen LogP contribution is 2.24. The Morgan fingerprint density at radius 3 is 2.57 bits per heavy atom. The molecule has 0 spiro atoms. The van der Waals surface area contributed by atoms with Crippen LogP contribution in [0.4, 0.5) is 0 Å². The van der Waals surface area contributed by atoms with Crippen LogP contribution in [-0.4, -0.2) is 28.2 Å². The first kappa shape index (κ1) is 13.8. The normalized spacial score (nSPS) is 19.0. The summed E-state index contributed by atoms with van der Waals surface area (Å²) >= 11 is 0. The van der Waals surface area contributed by atoms with Gasteiger partial charge >= 0.3 is 0 Å². The van der Waals surface area contributed by atoms with Crippen LogP contribution in [0.15, 0.2) is 36.7 Å². The molecule has 1 aromatic heterocycles. The van der Waals surface area contributed by atoms with Gasteiger partial charge < -0.3 is 15.2 Å². The minimum atomic E-state index is 0.217. The molecule has 1 fully saturated rings. The highest BCUT2D eigenvalue weighted by Gasteiger charge is 2.16. The molecule has 1 unspecified atom stereocenters. The molecule has 0 radical (unpaired) electrons. The summed E-state index contributed by atoms with van der Waals surface area (Å²) in [6.45, 7) is 2.02. The van der Waals surface area contributed by atoms with Gasteiger partial charge in [-0.25, -0.2) is 9.97 Å². The number of hydrogen-bond donors (Lipinski definition) is 2. The van der Waals surface area contributed by atoms with Crippen molar-refractivity contribution in [1.29, 1.82) is 0 Å². The summed E-state index contributed by atoms with van der Waals surface area (Å²) in [5, 5.41) is 12.7. The summed E-state index contributed by atoms with van der Waals surface area (Å²) in [6, 6.07) is 6.58. The van der Waals surface area contributed by atoms with E-state index in [1.807, 2.05) is 0 Å². The first-order chi connectivity index (χ1) is 10.3. The number of aromatic nitrogens is 2. The number of nitrogens with zero attached hydrogens (tertiary/aromatic N) is 2. The molecule has 21 heavy (non-hydrogen) atoms. The van der Waals surface area contributed by atoms with Gasteiger partial charge in [0.25, 0.3) is 0 Å². The first-order valence-corrected chi connectivity index (χ1v) is 7.31. The molecule has 1 atom stereocenters. The number of phenolic OH excluding ortho intramolecular Hbond substituents is 1. The smallest absolute Gasteiger partial charge is 0.164 e. The van der Waals surface area contributed by atoms with E-state index in [-0.39, 0.29) is 5.75 Å². The molecule has 2 N–H and O–H groups in total. The number of benzene rings is 1. The molecule has 2 heterocycles. The maximum Gasteiger partial charge on any atom is 0.164 e. The third-order valence-electron chi connectivity index (χ3n) is 3.63. The lowest BCUT2D eigenvalue weighted by molar-refractivity contribution is 0.460. The summed E-state index contributed by atoms with van der Waals surface area (Å²) < 4.78 is 5.65. The van der Waals surface area contributed by atoms with E-state index in [0.29, 0.717) is 17.4 Å². The van der Waals surface area contributed by atoms with Crippen LogP contribution in [0, 0.1) is 0 Å². The number of hydrogen-bond acceptors (Lipinski definition) is 5. The van der Waals surface area contributed by atoms with E-state index >= 15 is 0 Å². The standard InChI is InChI=1S/C16H19N3O2/c20-13-4-6-14(7-5-13)21-15-10-18-16(19-11-15)12-3-1-2-8-17-9-12/h4-7,10-12,17,20H,1-3,8-9H2. The predicted octanol–water partition coefficient (Wildman–Crippen LogP) is 2.83. The van der Waals surface area contributed by atoms with Gasteiger partial charge in [-0.1, -0.05) is 6.42 Å². The Labute approximate surface area is 124 Å². The van der Waals surface area contributed by atoms with Crippen LogP contribution in [0.2, 0.25) is 0 Å². The van der Waals surface area contributed by atoms with Crippen molar-refractivity contribution in [1.82, 2.24) is 15.3 Å². The monoisotopic (exact) mass is 285 g/mol. The van der Waals surface area contributed by atoms with Crippen LogP contribution in [0.25, 0.3) is 0 Å². The second-order valence-corrected chi connectivity index (χ2v) is 5.27. The molecule has 0 amide bonds. The quantitative estimate of drug-likeness (QED) is 0.907. The Balaban J connectivity index is 1.67. The molecule has 0 saturated carbocycles. The third-order valence-corrected chi connectivity index (χ3v) is 3.63. The molecule has 0 aliphatic carbocycles. The van der Waals surface area contributed by atoms with Crippen molar-refractivity contribution >= 4 is 0 Å². The zero-order valence-electron chi connectivity index (χ0n) is 11.8. The molecule has 110 valence electrons.